The summed E-state index contributed by atoms with van der Waals surface area (Å²) in [6.45, 7) is 6.38. The fourth-order valence-corrected chi connectivity index (χ4v) is 5.15. The molecule has 3 aromatic rings. The van der Waals surface area contributed by atoms with Crippen molar-refractivity contribution in [1.82, 2.24) is 24.4 Å². The number of aromatic hydroxyl groups is 1. The number of benzene rings is 1. The van der Waals surface area contributed by atoms with Gasteiger partial charge in [0, 0.05) is 32.6 Å². The van der Waals surface area contributed by atoms with Crippen LogP contribution in [0.4, 0.5) is 4.79 Å². The molecule has 1 fully saturated rings. The van der Waals surface area contributed by atoms with Gasteiger partial charge in [-0.25, -0.2) is 9.78 Å². The number of carbonyl (C=O) groups is 1. The first-order valence-electron chi connectivity index (χ1n) is 10.1. The SMILES string of the molecule is CCOC(=O)N1CCN([C@H](c2ccc(Cl)c(Cl)c2)c2sc3nc(CC)nn3c2O)CC1. The van der Waals surface area contributed by atoms with Crippen molar-refractivity contribution < 1.29 is 14.6 Å². The van der Waals surface area contributed by atoms with Gasteiger partial charge in [-0.2, -0.15) is 4.52 Å². The monoisotopic (exact) mass is 483 g/mol. The van der Waals surface area contributed by atoms with Gasteiger partial charge in [-0.1, -0.05) is 47.5 Å². The Bertz CT molecular complexity index is 1090. The van der Waals surface area contributed by atoms with E-state index < -0.39 is 0 Å². The zero-order valence-corrected chi connectivity index (χ0v) is 19.5. The van der Waals surface area contributed by atoms with E-state index in [4.69, 9.17) is 27.9 Å². The molecule has 1 amide bonds. The molecule has 31 heavy (non-hydrogen) atoms. The van der Waals surface area contributed by atoms with Crippen LogP contribution in [-0.2, 0) is 11.2 Å². The standard InChI is InChI=1S/C20H23Cl2N5O3S/c1-3-15-23-19-27(24-15)18(28)17(31-19)16(12-5-6-13(21)14(22)11-12)25-7-9-26(10-8-25)20(29)30-4-2/h5-6,11,16,28H,3-4,7-10H2,1-2H3/t16-/m1/s1. The van der Waals surface area contributed by atoms with E-state index in [1.54, 1.807) is 17.9 Å². The van der Waals surface area contributed by atoms with E-state index in [0.29, 0.717) is 60.0 Å². The average molecular weight is 484 g/mol. The molecule has 0 bridgehead atoms. The van der Waals surface area contributed by atoms with Gasteiger partial charge in [-0.05, 0) is 24.6 Å². The van der Waals surface area contributed by atoms with E-state index >= 15 is 0 Å². The van der Waals surface area contributed by atoms with Gasteiger partial charge in [0.15, 0.2) is 5.82 Å². The number of ether oxygens (including phenoxy) is 1. The van der Waals surface area contributed by atoms with Crippen molar-refractivity contribution in [1.29, 1.82) is 0 Å². The van der Waals surface area contributed by atoms with E-state index in [2.05, 4.69) is 15.0 Å². The summed E-state index contributed by atoms with van der Waals surface area (Å²) in [5.74, 6) is 0.748. The number of fused-ring (bicyclic) bond motifs is 1. The zero-order valence-electron chi connectivity index (χ0n) is 17.2. The van der Waals surface area contributed by atoms with E-state index in [9.17, 15) is 9.90 Å². The Morgan fingerprint density at radius 3 is 2.58 bits per heavy atom. The molecular weight excluding hydrogens is 461 g/mol. The molecule has 11 heteroatoms. The number of nitrogens with zero attached hydrogens (tertiary/aromatic N) is 5. The molecule has 4 rings (SSSR count). The highest BCUT2D eigenvalue weighted by molar-refractivity contribution is 7.17. The predicted octanol–water partition coefficient (Wildman–Crippen LogP) is 4.23. The summed E-state index contributed by atoms with van der Waals surface area (Å²) < 4.78 is 6.61. The molecule has 1 atom stereocenters. The minimum Gasteiger partial charge on any atom is -0.492 e. The number of halogens is 2. The lowest BCUT2D eigenvalue weighted by Gasteiger charge is -2.38. The normalized spacial score (nSPS) is 16.1. The van der Waals surface area contributed by atoms with E-state index in [0.717, 1.165) is 10.4 Å². The first-order valence-corrected chi connectivity index (χ1v) is 11.7. The summed E-state index contributed by atoms with van der Waals surface area (Å²) in [6.07, 6.45) is 0.386. The Hall–Kier alpha value is -2.07. The van der Waals surface area contributed by atoms with Gasteiger partial charge < -0.3 is 14.7 Å². The predicted molar refractivity (Wildman–Crippen MR) is 120 cm³/mol. The number of hydrogen-bond acceptors (Lipinski definition) is 7. The van der Waals surface area contributed by atoms with Gasteiger partial charge in [-0.15, -0.1) is 5.10 Å². The number of hydrogen-bond donors (Lipinski definition) is 1. The Morgan fingerprint density at radius 2 is 1.97 bits per heavy atom. The van der Waals surface area contributed by atoms with Gasteiger partial charge in [0.05, 0.1) is 27.6 Å². The molecule has 0 unspecified atom stereocenters. The molecule has 1 aliphatic heterocycles. The van der Waals surface area contributed by atoms with Crippen LogP contribution < -0.4 is 0 Å². The maximum Gasteiger partial charge on any atom is 0.409 e. The van der Waals surface area contributed by atoms with Crippen LogP contribution in [0.25, 0.3) is 4.96 Å². The summed E-state index contributed by atoms with van der Waals surface area (Å²) in [4.78, 5) is 21.9. The summed E-state index contributed by atoms with van der Waals surface area (Å²) in [5.41, 5.74) is 0.898. The fourth-order valence-electron chi connectivity index (χ4n) is 3.71. The Labute approximate surface area is 193 Å². The number of aromatic nitrogens is 3. The molecular formula is C20H23Cl2N5O3S. The second-order valence-corrected chi connectivity index (χ2v) is 8.99. The summed E-state index contributed by atoms with van der Waals surface area (Å²) in [5, 5.41) is 16.3. The maximum absolute atomic E-state index is 12.1. The van der Waals surface area contributed by atoms with Crippen molar-refractivity contribution in [3.05, 3.63) is 44.5 Å². The van der Waals surface area contributed by atoms with Gasteiger partial charge in [-0.3, -0.25) is 4.90 Å². The lowest BCUT2D eigenvalue weighted by molar-refractivity contribution is 0.0715. The lowest BCUT2D eigenvalue weighted by atomic mass is 10.0. The third-order valence-corrected chi connectivity index (χ3v) is 7.08. The number of amides is 1. The van der Waals surface area contributed by atoms with Crippen LogP contribution in [0.3, 0.4) is 0 Å². The highest BCUT2D eigenvalue weighted by Crippen LogP contribution is 2.41. The minimum atomic E-state index is -0.304. The highest BCUT2D eigenvalue weighted by atomic mass is 35.5. The third kappa shape index (κ3) is 4.32. The average Bonchev–Trinajstić information content (AvgIpc) is 3.31. The summed E-state index contributed by atoms with van der Waals surface area (Å²) >= 11 is 13.8. The van der Waals surface area contributed by atoms with Crippen LogP contribution in [0.2, 0.25) is 10.0 Å². The maximum atomic E-state index is 12.1. The Kier molecular flexibility index (Phi) is 6.57. The zero-order chi connectivity index (χ0) is 22.1. The molecule has 3 heterocycles. The number of carbonyl (C=O) groups excluding carboxylic acids is 1. The summed E-state index contributed by atoms with van der Waals surface area (Å²) in [6, 6.07) is 5.20. The van der Waals surface area contributed by atoms with Crippen molar-refractivity contribution in [2.75, 3.05) is 32.8 Å². The van der Waals surface area contributed by atoms with Crippen LogP contribution >= 0.6 is 34.5 Å². The largest absolute Gasteiger partial charge is 0.492 e. The van der Waals surface area contributed by atoms with Gasteiger partial charge in [0.2, 0.25) is 10.8 Å². The van der Waals surface area contributed by atoms with Crippen molar-refractivity contribution >= 4 is 45.6 Å². The first-order chi connectivity index (χ1) is 14.9. The minimum absolute atomic E-state index is 0.0658. The number of piperazine rings is 1. The van der Waals surface area contributed by atoms with Gasteiger partial charge >= 0.3 is 6.09 Å². The summed E-state index contributed by atoms with van der Waals surface area (Å²) in [7, 11) is 0. The molecule has 0 radical (unpaired) electrons. The molecule has 1 N–H and O–H groups in total. The van der Waals surface area contributed by atoms with Crippen molar-refractivity contribution in [2.24, 2.45) is 0 Å². The van der Waals surface area contributed by atoms with Crippen LogP contribution in [0.1, 0.15) is 36.2 Å². The molecule has 2 aromatic heterocycles. The van der Waals surface area contributed by atoms with E-state index in [1.165, 1.54) is 15.9 Å². The molecule has 0 aliphatic carbocycles. The smallest absolute Gasteiger partial charge is 0.409 e. The lowest BCUT2D eigenvalue weighted by Crippen LogP contribution is -2.49. The number of rotatable bonds is 5. The second-order valence-electron chi connectivity index (χ2n) is 7.16. The molecule has 0 saturated carbocycles. The molecule has 166 valence electrons. The van der Waals surface area contributed by atoms with Crippen LogP contribution in [0.15, 0.2) is 18.2 Å². The van der Waals surface area contributed by atoms with Crippen LogP contribution in [0.5, 0.6) is 5.88 Å². The highest BCUT2D eigenvalue weighted by Gasteiger charge is 2.33. The molecule has 1 aliphatic rings. The van der Waals surface area contributed by atoms with Crippen LogP contribution in [-0.4, -0.2) is 68.4 Å². The topological polar surface area (TPSA) is 83.2 Å². The second kappa shape index (κ2) is 9.20. The molecule has 1 saturated heterocycles. The number of thiazole rings is 1. The van der Waals surface area contributed by atoms with Crippen molar-refractivity contribution in [3.63, 3.8) is 0 Å². The van der Waals surface area contributed by atoms with Gasteiger partial charge in [0.1, 0.15) is 0 Å². The Morgan fingerprint density at radius 1 is 1.23 bits per heavy atom. The van der Waals surface area contributed by atoms with Crippen molar-refractivity contribution in [3.8, 4) is 5.88 Å². The molecule has 1 aromatic carbocycles. The van der Waals surface area contributed by atoms with Crippen LogP contribution in [0, 0.1) is 0 Å². The fraction of sp³-hybridized carbons (Fsp3) is 0.450. The molecule has 0 spiro atoms. The quantitative estimate of drug-likeness (QED) is 0.584. The molecule has 8 nitrogen and oxygen atoms in total. The van der Waals surface area contributed by atoms with Gasteiger partial charge in [0.25, 0.3) is 0 Å². The van der Waals surface area contributed by atoms with E-state index in [-0.39, 0.29) is 18.0 Å². The Balaban J connectivity index is 1.69. The third-order valence-electron chi connectivity index (χ3n) is 5.27. The first kappa shape index (κ1) is 22.1. The van der Waals surface area contributed by atoms with Crippen molar-refractivity contribution in [2.45, 2.75) is 26.3 Å². The van der Waals surface area contributed by atoms with E-state index in [1.807, 2.05) is 19.1 Å². The number of aryl methyl sites for hydroxylation is 1.